The Balaban J connectivity index is 1.70. The number of benzene rings is 4. The Kier molecular flexibility index (Phi) is 7.42. The molecule has 0 radical (unpaired) electrons. The predicted molar refractivity (Wildman–Crippen MR) is 142 cm³/mol. The molecule has 2 N–H and O–H groups in total. The van der Waals surface area contributed by atoms with E-state index in [-0.39, 0.29) is 17.1 Å². The molecule has 0 fully saturated rings. The molecular weight excluding hydrogens is 514 g/mol. The normalized spacial score (nSPS) is 11.2. The van der Waals surface area contributed by atoms with Crippen molar-refractivity contribution in [2.24, 2.45) is 0 Å². The van der Waals surface area contributed by atoms with Gasteiger partial charge in [0.1, 0.15) is 22.8 Å². The first-order chi connectivity index (χ1) is 17.6. The smallest absolute Gasteiger partial charge is 0.339 e. The largest absolute Gasteiger partial charge is 0.507 e. The van der Waals surface area contributed by atoms with Crippen LogP contribution in [0.4, 0.5) is 5.69 Å². The summed E-state index contributed by atoms with van der Waals surface area (Å²) in [6.45, 7) is 3.70. The molecule has 4 aromatic rings. The Bertz CT molecular complexity index is 1530. The molecule has 0 bridgehead atoms. The van der Waals surface area contributed by atoms with Crippen molar-refractivity contribution in [3.8, 4) is 17.2 Å². The number of carboxylic acid groups (broad SMARTS) is 1. The van der Waals surface area contributed by atoms with Crippen LogP contribution in [0.1, 0.15) is 27.0 Å². The van der Waals surface area contributed by atoms with Crippen LogP contribution in [-0.2, 0) is 16.6 Å². The average molecular weight is 538 g/mol. The molecule has 190 valence electrons. The van der Waals surface area contributed by atoms with Gasteiger partial charge in [0.25, 0.3) is 10.0 Å². The van der Waals surface area contributed by atoms with Crippen LogP contribution in [0.15, 0.2) is 89.8 Å². The van der Waals surface area contributed by atoms with Gasteiger partial charge in [-0.15, -0.1) is 0 Å². The van der Waals surface area contributed by atoms with Crippen molar-refractivity contribution in [3.05, 3.63) is 112 Å². The Morgan fingerprint density at radius 1 is 0.892 bits per heavy atom. The fraction of sp³-hybridized carbons (Fsp3) is 0.107. The van der Waals surface area contributed by atoms with Crippen LogP contribution >= 0.6 is 11.6 Å². The molecule has 4 rings (SSSR count). The standard InChI is InChI=1S/C28H24ClNO6S/c1-18-14-23(15-19(2)27(18)29)36-22-9-11-24(12-10-22)37(34,35)30(17-20-6-4-3-5-7-20)21-8-13-26(31)25(16-21)28(32)33/h3-16,31H,17H2,1-2H3,(H,32,33). The molecule has 0 heterocycles. The lowest BCUT2D eigenvalue weighted by Crippen LogP contribution is -2.30. The molecule has 7 nitrogen and oxygen atoms in total. The fourth-order valence-corrected chi connectivity index (χ4v) is 5.38. The maximum Gasteiger partial charge on any atom is 0.339 e. The molecule has 0 saturated heterocycles. The molecule has 0 aliphatic rings. The van der Waals surface area contributed by atoms with Crippen molar-refractivity contribution in [2.75, 3.05) is 4.31 Å². The number of ether oxygens (including phenoxy) is 1. The molecule has 0 aliphatic heterocycles. The van der Waals surface area contributed by atoms with Crippen LogP contribution < -0.4 is 9.04 Å². The SMILES string of the molecule is Cc1cc(Oc2ccc(S(=O)(=O)N(Cc3ccccc3)c3ccc(O)c(C(=O)O)c3)cc2)cc(C)c1Cl. The van der Waals surface area contributed by atoms with E-state index in [1.165, 1.54) is 24.3 Å². The number of hydrogen-bond acceptors (Lipinski definition) is 5. The summed E-state index contributed by atoms with van der Waals surface area (Å²) in [4.78, 5) is 11.6. The van der Waals surface area contributed by atoms with Crippen molar-refractivity contribution in [1.82, 2.24) is 0 Å². The van der Waals surface area contributed by atoms with Gasteiger partial charge in [0.15, 0.2) is 0 Å². The van der Waals surface area contributed by atoms with E-state index in [2.05, 4.69) is 0 Å². The Morgan fingerprint density at radius 2 is 1.51 bits per heavy atom. The highest BCUT2D eigenvalue weighted by Gasteiger charge is 2.27. The number of carboxylic acids is 1. The second-order valence-electron chi connectivity index (χ2n) is 8.45. The van der Waals surface area contributed by atoms with E-state index in [0.717, 1.165) is 21.5 Å². The number of phenols is 1. The van der Waals surface area contributed by atoms with Crippen LogP contribution in [0.3, 0.4) is 0 Å². The second-order valence-corrected chi connectivity index (χ2v) is 10.7. The summed E-state index contributed by atoms with van der Waals surface area (Å²) in [5, 5.41) is 20.0. The molecule has 0 unspecified atom stereocenters. The number of halogens is 1. The van der Waals surface area contributed by atoms with E-state index in [4.69, 9.17) is 16.3 Å². The van der Waals surface area contributed by atoms with Gasteiger partial charge in [0, 0.05) is 5.02 Å². The quantitative estimate of drug-likeness (QED) is 0.264. The molecule has 0 saturated carbocycles. The Morgan fingerprint density at radius 3 is 2.11 bits per heavy atom. The summed E-state index contributed by atoms with van der Waals surface area (Å²) in [7, 11) is -4.13. The Hall–Kier alpha value is -4.01. The van der Waals surface area contributed by atoms with Gasteiger partial charge in [-0.05, 0) is 85.1 Å². The lowest BCUT2D eigenvalue weighted by atomic mass is 10.1. The highest BCUT2D eigenvalue weighted by atomic mass is 35.5. The number of aryl methyl sites for hydroxylation is 2. The summed E-state index contributed by atoms with van der Waals surface area (Å²) >= 11 is 6.22. The minimum absolute atomic E-state index is 0.0100. The zero-order valence-corrected chi connectivity index (χ0v) is 21.6. The summed E-state index contributed by atoms with van der Waals surface area (Å²) in [5.41, 5.74) is 2.13. The maximum absolute atomic E-state index is 13.8. The van der Waals surface area contributed by atoms with Gasteiger partial charge in [-0.1, -0.05) is 41.9 Å². The zero-order chi connectivity index (χ0) is 26.7. The third kappa shape index (κ3) is 5.71. The van der Waals surface area contributed by atoms with Gasteiger partial charge < -0.3 is 14.9 Å². The first kappa shape index (κ1) is 26.1. The summed E-state index contributed by atoms with van der Waals surface area (Å²) < 4.78 is 34.5. The monoisotopic (exact) mass is 537 g/mol. The van der Waals surface area contributed by atoms with Crippen molar-refractivity contribution >= 4 is 33.3 Å². The number of aromatic hydroxyl groups is 1. The van der Waals surface area contributed by atoms with E-state index >= 15 is 0 Å². The molecule has 0 atom stereocenters. The Labute approximate surface area is 220 Å². The average Bonchev–Trinajstić information content (AvgIpc) is 2.87. The van der Waals surface area contributed by atoms with Crippen molar-refractivity contribution in [2.45, 2.75) is 25.3 Å². The predicted octanol–water partition coefficient (Wildman–Crippen LogP) is 6.55. The zero-order valence-electron chi connectivity index (χ0n) is 20.1. The van der Waals surface area contributed by atoms with E-state index in [1.54, 1.807) is 48.5 Å². The molecule has 4 aromatic carbocycles. The van der Waals surface area contributed by atoms with Crippen molar-refractivity contribution in [3.63, 3.8) is 0 Å². The van der Waals surface area contributed by atoms with Gasteiger partial charge in [0.2, 0.25) is 0 Å². The van der Waals surface area contributed by atoms with Gasteiger partial charge in [0.05, 0.1) is 17.1 Å². The number of carbonyl (C=O) groups is 1. The topological polar surface area (TPSA) is 104 Å². The number of sulfonamides is 1. The summed E-state index contributed by atoms with van der Waals surface area (Å²) in [5.74, 6) is -0.813. The highest BCUT2D eigenvalue weighted by Crippen LogP contribution is 2.32. The van der Waals surface area contributed by atoms with E-state index < -0.39 is 27.3 Å². The lowest BCUT2D eigenvalue weighted by Gasteiger charge is -2.25. The third-order valence-corrected chi connectivity index (χ3v) is 8.11. The van der Waals surface area contributed by atoms with Gasteiger partial charge in [-0.25, -0.2) is 13.2 Å². The van der Waals surface area contributed by atoms with E-state index in [1.807, 2.05) is 19.9 Å². The first-order valence-electron chi connectivity index (χ1n) is 11.2. The number of nitrogens with zero attached hydrogens (tertiary/aromatic N) is 1. The summed E-state index contributed by atoms with van der Waals surface area (Å²) in [6.07, 6.45) is 0. The molecule has 0 amide bonds. The van der Waals surface area contributed by atoms with Crippen LogP contribution in [-0.4, -0.2) is 24.6 Å². The number of hydrogen-bond donors (Lipinski definition) is 2. The molecule has 37 heavy (non-hydrogen) atoms. The lowest BCUT2D eigenvalue weighted by molar-refractivity contribution is 0.0693. The van der Waals surface area contributed by atoms with Gasteiger partial charge >= 0.3 is 5.97 Å². The molecule has 0 aromatic heterocycles. The number of anilines is 1. The second kappa shape index (κ2) is 10.5. The minimum atomic E-state index is -4.13. The van der Waals surface area contributed by atoms with Crippen molar-refractivity contribution < 1.29 is 28.2 Å². The van der Waals surface area contributed by atoms with Crippen LogP contribution in [0.25, 0.3) is 0 Å². The fourth-order valence-electron chi connectivity index (χ4n) is 3.82. The number of rotatable bonds is 8. The molecule has 0 spiro atoms. The van der Waals surface area contributed by atoms with Gasteiger partial charge in [-0.3, -0.25) is 4.31 Å². The molecule has 9 heteroatoms. The van der Waals surface area contributed by atoms with Gasteiger partial charge in [-0.2, -0.15) is 0 Å². The molecule has 0 aliphatic carbocycles. The first-order valence-corrected chi connectivity index (χ1v) is 13.1. The highest BCUT2D eigenvalue weighted by molar-refractivity contribution is 7.92. The minimum Gasteiger partial charge on any atom is -0.507 e. The maximum atomic E-state index is 13.8. The summed E-state index contributed by atoms with van der Waals surface area (Å²) in [6, 6.07) is 22.1. The van der Waals surface area contributed by atoms with E-state index in [9.17, 15) is 23.4 Å². The number of aromatic carboxylic acids is 1. The third-order valence-electron chi connectivity index (χ3n) is 5.72. The van der Waals surface area contributed by atoms with Crippen LogP contribution in [0.2, 0.25) is 5.02 Å². The van der Waals surface area contributed by atoms with Crippen LogP contribution in [0, 0.1) is 13.8 Å². The van der Waals surface area contributed by atoms with Crippen LogP contribution in [0.5, 0.6) is 17.2 Å². The van der Waals surface area contributed by atoms with Crippen molar-refractivity contribution in [1.29, 1.82) is 0 Å². The van der Waals surface area contributed by atoms with E-state index in [0.29, 0.717) is 22.1 Å². The molecular formula is C28H24ClNO6S.